The molecule has 1 heterocycles. The van der Waals surface area contributed by atoms with Crippen molar-refractivity contribution in [3.63, 3.8) is 0 Å². The van der Waals surface area contributed by atoms with Crippen LogP contribution in [0.15, 0.2) is 36.4 Å². The van der Waals surface area contributed by atoms with Gasteiger partial charge < -0.3 is 9.84 Å². The van der Waals surface area contributed by atoms with Crippen molar-refractivity contribution in [3.05, 3.63) is 42.0 Å². The van der Waals surface area contributed by atoms with Crippen molar-refractivity contribution in [2.24, 2.45) is 0 Å². The monoisotopic (exact) mass is 228 g/mol. The maximum absolute atomic E-state index is 10.8. The summed E-state index contributed by atoms with van der Waals surface area (Å²) < 4.78 is 5.56. The van der Waals surface area contributed by atoms with Gasteiger partial charge in [-0.3, -0.25) is 4.79 Å². The van der Waals surface area contributed by atoms with Crippen molar-refractivity contribution in [1.82, 2.24) is 0 Å². The highest BCUT2D eigenvalue weighted by Gasteiger charge is 2.27. The van der Waals surface area contributed by atoms with E-state index in [0.717, 1.165) is 22.1 Å². The minimum Gasteiger partial charge on any atom is -0.493 e. The van der Waals surface area contributed by atoms with E-state index in [0.29, 0.717) is 6.61 Å². The molecule has 1 aliphatic heterocycles. The lowest BCUT2D eigenvalue weighted by atomic mass is 9.93. The predicted octanol–water partition coefficient (Wildman–Crippen LogP) is 2.79. The molecule has 86 valence electrons. The molecule has 0 amide bonds. The molecule has 0 saturated carbocycles. The van der Waals surface area contributed by atoms with E-state index in [-0.39, 0.29) is 12.3 Å². The second kappa shape index (κ2) is 3.77. The van der Waals surface area contributed by atoms with Gasteiger partial charge in [0, 0.05) is 11.5 Å². The van der Waals surface area contributed by atoms with E-state index in [1.807, 2.05) is 36.4 Å². The summed E-state index contributed by atoms with van der Waals surface area (Å²) in [5.74, 6) is 0.0166. The Morgan fingerprint density at radius 2 is 2.12 bits per heavy atom. The second-order valence-corrected chi connectivity index (χ2v) is 4.30. The Kier molecular flexibility index (Phi) is 2.25. The highest BCUT2D eigenvalue weighted by Crippen LogP contribution is 2.40. The van der Waals surface area contributed by atoms with Crippen LogP contribution in [-0.2, 0) is 4.79 Å². The fourth-order valence-electron chi connectivity index (χ4n) is 2.47. The molecule has 3 rings (SSSR count). The second-order valence-electron chi connectivity index (χ2n) is 4.30. The van der Waals surface area contributed by atoms with Gasteiger partial charge in [-0.1, -0.05) is 30.3 Å². The van der Waals surface area contributed by atoms with Gasteiger partial charge in [-0.05, 0) is 16.8 Å². The van der Waals surface area contributed by atoms with Gasteiger partial charge in [0.15, 0.2) is 0 Å². The van der Waals surface area contributed by atoms with Crippen LogP contribution in [0.2, 0.25) is 0 Å². The third-order valence-electron chi connectivity index (χ3n) is 3.20. The average molecular weight is 228 g/mol. The van der Waals surface area contributed by atoms with Gasteiger partial charge >= 0.3 is 5.97 Å². The topological polar surface area (TPSA) is 46.5 Å². The molecule has 0 unspecified atom stereocenters. The summed E-state index contributed by atoms with van der Waals surface area (Å²) in [6, 6.07) is 12.0. The molecule has 0 radical (unpaired) electrons. The summed E-state index contributed by atoms with van der Waals surface area (Å²) in [7, 11) is 0. The lowest BCUT2D eigenvalue weighted by molar-refractivity contribution is -0.137. The van der Waals surface area contributed by atoms with E-state index >= 15 is 0 Å². The number of fused-ring (bicyclic) bond motifs is 3. The van der Waals surface area contributed by atoms with E-state index in [9.17, 15) is 4.79 Å². The summed E-state index contributed by atoms with van der Waals surface area (Å²) in [4.78, 5) is 10.8. The number of hydrogen-bond donors (Lipinski definition) is 1. The largest absolute Gasteiger partial charge is 0.493 e. The van der Waals surface area contributed by atoms with Crippen LogP contribution in [0.3, 0.4) is 0 Å². The molecule has 0 aliphatic carbocycles. The number of carbonyl (C=O) groups is 1. The van der Waals surface area contributed by atoms with Crippen LogP contribution in [0.5, 0.6) is 5.75 Å². The van der Waals surface area contributed by atoms with Crippen LogP contribution < -0.4 is 4.74 Å². The molecule has 0 fully saturated rings. The van der Waals surface area contributed by atoms with Gasteiger partial charge in [0.2, 0.25) is 0 Å². The molecule has 2 aromatic rings. The van der Waals surface area contributed by atoms with Crippen molar-refractivity contribution in [2.75, 3.05) is 6.61 Å². The Morgan fingerprint density at radius 3 is 2.94 bits per heavy atom. The minimum atomic E-state index is -0.778. The van der Waals surface area contributed by atoms with Crippen molar-refractivity contribution in [1.29, 1.82) is 0 Å². The Balaban J connectivity index is 2.17. The summed E-state index contributed by atoms with van der Waals surface area (Å²) in [6.45, 7) is 0.468. The number of ether oxygens (including phenoxy) is 1. The van der Waals surface area contributed by atoms with E-state index in [2.05, 4.69) is 0 Å². The quantitative estimate of drug-likeness (QED) is 0.859. The number of benzene rings is 2. The summed E-state index contributed by atoms with van der Waals surface area (Å²) >= 11 is 0. The predicted molar refractivity (Wildman–Crippen MR) is 64.4 cm³/mol. The molecule has 3 heteroatoms. The first-order chi connectivity index (χ1) is 8.25. The Morgan fingerprint density at radius 1 is 1.29 bits per heavy atom. The maximum atomic E-state index is 10.8. The Bertz CT molecular complexity index is 589. The van der Waals surface area contributed by atoms with Crippen molar-refractivity contribution in [3.8, 4) is 5.75 Å². The molecule has 1 N–H and O–H groups in total. The first-order valence-electron chi connectivity index (χ1n) is 5.62. The fourth-order valence-corrected chi connectivity index (χ4v) is 2.47. The van der Waals surface area contributed by atoms with Gasteiger partial charge in [0.05, 0.1) is 13.0 Å². The molecule has 0 spiro atoms. The van der Waals surface area contributed by atoms with Crippen LogP contribution in [0, 0.1) is 0 Å². The van der Waals surface area contributed by atoms with Crippen LogP contribution in [-0.4, -0.2) is 17.7 Å². The summed E-state index contributed by atoms with van der Waals surface area (Å²) in [6.07, 6.45) is 0.126. The third kappa shape index (κ3) is 1.64. The molecule has 0 bridgehead atoms. The van der Waals surface area contributed by atoms with E-state index in [4.69, 9.17) is 9.84 Å². The molecular weight excluding hydrogens is 216 g/mol. The number of aliphatic carboxylic acids is 1. The highest BCUT2D eigenvalue weighted by atomic mass is 16.5. The number of carboxylic acid groups (broad SMARTS) is 1. The van der Waals surface area contributed by atoms with Crippen LogP contribution in [0.25, 0.3) is 10.8 Å². The lowest BCUT2D eigenvalue weighted by Gasteiger charge is -2.08. The summed E-state index contributed by atoms with van der Waals surface area (Å²) in [5, 5.41) is 11.2. The molecule has 1 atom stereocenters. The zero-order chi connectivity index (χ0) is 11.8. The number of rotatable bonds is 2. The average Bonchev–Trinajstić information content (AvgIpc) is 2.72. The molecule has 2 aromatic carbocycles. The van der Waals surface area contributed by atoms with Crippen molar-refractivity contribution in [2.45, 2.75) is 12.3 Å². The Hall–Kier alpha value is -2.03. The Labute approximate surface area is 98.6 Å². The van der Waals surface area contributed by atoms with Crippen molar-refractivity contribution >= 4 is 16.7 Å². The third-order valence-corrected chi connectivity index (χ3v) is 3.20. The molecular formula is C14H12O3. The molecule has 17 heavy (non-hydrogen) atoms. The van der Waals surface area contributed by atoms with Crippen molar-refractivity contribution < 1.29 is 14.6 Å². The zero-order valence-electron chi connectivity index (χ0n) is 9.22. The zero-order valence-corrected chi connectivity index (χ0v) is 9.22. The van der Waals surface area contributed by atoms with Crippen LogP contribution in [0.1, 0.15) is 17.9 Å². The maximum Gasteiger partial charge on any atom is 0.304 e. The molecule has 1 aliphatic rings. The van der Waals surface area contributed by atoms with Crippen LogP contribution >= 0.6 is 0 Å². The molecule has 0 saturated heterocycles. The van der Waals surface area contributed by atoms with Gasteiger partial charge in [0.25, 0.3) is 0 Å². The fraction of sp³-hybridized carbons (Fsp3) is 0.214. The normalized spacial score (nSPS) is 17.8. The number of hydrogen-bond acceptors (Lipinski definition) is 2. The standard InChI is InChI=1S/C14H12O3/c15-13(16)7-10-8-17-12-6-5-9-3-1-2-4-11(9)14(10)12/h1-6,10H,7-8H2,(H,15,16)/t10-/m1/s1. The lowest BCUT2D eigenvalue weighted by Crippen LogP contribution is -2.07. The van der Waals surface area contributed by atoms with Gasteiger partial charge in [-0.25, -0.2) is 0 Å². The minimum absolute atomic E-state index is 0.0337. The summed E-state index contributed by atoms with van der Waals surface area (Å²) in [5.41, 5.74) is 1.05. The first-order valence-corrected chi connectivity index (χ1v) is 5.62. The smallest absolute Gasteiger partial charge is 0.304 e. The number of carboxylic acids is 1. The van der Waals surface area contributed by atoms with E-state index < -0.39 is 5.97 Å². The van der Waals surface area contributed by atoms with Gasteiger partial charge in [0.1, 0.15) is 5.75 Å². The highest BCUT2D eigenvalue weighted by molar-refractivity contribution is 5.89. The van der Waals surface area contributed by atoms with Gasteiger partial charge in [-0.2, -0.15) is 0 Å². The molecule has 0 aromatic heterocycles. The molecule has 3 nitrogen and oxygen atoms in total. The SMILES string of the molecule is O=C(O)C[C@@H]1COc2ccc3ccccc3c21. The first kappa shape index (κ1) is 10.1. The van der Waals surface area contributed by atoms with Crippen LogP contribution in [0.4, 0.5) is 0 Å². The van der Waals surface area contributed by atoms with Gasteiger partial charge in [-0.15, -0.1) is 0 Å². The van der Waals surface area contributed by atoms with E-state index in [1.54, 1.807) is 0 Å². The van der Waals surface area contributed by atoms with E-state index in [1.165, 1.54) is 0 Å².